The Bertz CT molecular complexity index is 848. The van der Waals surface area contributed by atoms with Gasteiger partial charge in [0.15, 0.2) is 4.32 Å². The van der Waals surface area contributed by atoms with E-state index in [2.05, 4.69) is 5.43 Å². The van der Waals surface area contributed by atoms with Crippen LogP contribution in [0.3, 0.4) is 0 Å². The SMILES string of the molecule is O=C(Cc1ccccc1)NN1C(=O)/C(=C/c2ccc(O)cc2)SC1=S. The van der Waals surface area contributed by atoms with Crippen molar-refractivity contribution in [3.63, 3.8) is 0 Å². The molecular formula is C18H14N2O3S2. The molecule has 0 aliphatic carbocycles. The molecule has 2 aromatic rings. The number of rotatable bonds is 4. The number of hydrogen-bond acceptors (Lipinski definition) is 5. The van der Waals surface area contributed by atoms with Crippen molar-refractivity contribution in [1.29, 1.82) is 0 Å². The first kappa shape index (κ1) is 17.2. The van der Waals surface area contributed by atoms with Crippen LogP contribution in [0.1, 0.15) is 11.1 Å². The molecule has 126 valence electrons. The Morgan fingerprint density at radius 3 is 2.52 bits per heavy atom. The van der Waals surface area contributed by atoms with Gasteiger partial charge >= 0.3 is 0 Å². The zero-order valence-corrected chi connectivity index (χ0v) is 14.6. The third kappa shape index (κ3) is 4.26. The van der Waals surface area contributed by atoms with Crippen LogP contribution in [0, 0.1) is 0 Å². The van der Waals surface area contributed by atoms with E-state index in [0.29, 0.717) is 4.91 Å². The molecule has 2 N–H and O–H groups in total. The van der Waals surface area contributed by atoms with Crippen molar-refractivity contribution < 1.29 is 14.7 Å². The van der Waals surface area contributed by atoms with Crippen LogP contribution in [-0.4, -0.2) is 26.3 Å². The molecule has 1 aliphatic rings. The van der Waals surface area contributed by atoms with Gasteiger partial charge in [0, 0.05) is 0 Å². The van der Waals surface area contributed by atoms with Crippen LogP contribution in [0.4, 0.5) is 0 Å². The molecule has 0 spiro atoms. The number of nitrogens with one attached hydrogen (secondary N) is 1. The highest BCUT2D eigenvalue weighted by Crippen LogP contribution is 2.31. The summed E-state index contributed by atoms with van der Waals surface area (Å²) in [5, 5.41) is 10.4. The third-order valence-corrected chi connectivity index (χ3v) is 4.73. The predicted molar refractivity (Wildman–Crippen MR) is 101 cm³/mol. The Kier molecular flexibility index (Phi) is 5.16. The van der Waals surface area contributed by atoms with Gasteiger partial charge in [-0.3, -0.25) is 15.0 Å². The van der Waals surface area contributed by atoms with Gasteiger partial charge in [0.05, 0.1) is 11.3 Å². The minimum absolute atomic E-state index is 0.151. The Balaban J connectivity index is 1.69. The zero-order chi connectivity index (χ0) is 17.8. The first-order chi connectivity index (χ1) is 12.0. The number of benzene rings is 2. The summed E-state index contributed by atoms with van der Waals surface area (Å²) in [5.74, 6) is -0.532. The topological polar surface area (TPSA) is 69.6 Å². The van der Waals surface area contributed by atoms with Crippen molar-refractivity contribution in [2.24, 2.45) is 0 Å². The first-order valence-corrected chi connectivity index (χ1v) is 8.66. The molecule has 1 saturated heterocycles. The normalized spacial score (nSPS) is 15.7. The largest absolute Gasteiger partial charge is 0.508 e. The third-order valence-electron chi connectivity index (χ3n) is 3.43. The van der Waals surface area contributed by atoms with Crippen molar-refractivity contribution in [2.45, 2.75) is 6.42 Å². The second-order valence-electron chi connectivity index (χ2n) is 5.31. The number of aromatic hydroxyl groups is 1. The van der Waals surface area contributed by atoms with Gasteiger partial charge in [-0.1, -0.05) is 54.2 Å². The summed E-state index contributed by atoms with van der Waals surface area (Å²) in [6.45, 7) is 0. The van der Waals surface area contributed by atoms with Crippen LogP contribution in [0.2, 0.25) is 0 Å². The summed E-state index contributed by atoms with van der Waals surface area (Å²) in [5.41, 5.74) is 4.16. The van der Waals surface area contributed by atoms with E-state index >= 15 is 0 Å². The van der Waals surface area contributed by atoms with Crippen molar-refractivity contribution in [3.8, 4) is 5.75 Å². The number of phenolic OH excluding ortho intramolecular Hbond substituents is 1. The molecule has 1 aliphatic heterocycles. The molecule has 3 rings (SSSR count). The number of thiocarbonyl (C=S) groups is 1. The lowest BCUT2D eigenvalue weighted by atomic mass is 10.1. The summed E-state index contributed by atoms with van der Waals surface area (Å²) >= 11 is 6.31. The lowest BCUT2D eigenvalue weighted by molar-refractivity contribution is -0.132. The number of carbonyl (C=O) groups is 2. The summed E-state index contributed by atoms with van der Waals surface area (Å²) in [6.07, 6.45) is 1.83. The van der Waals surface area contributed by atoms with Gasteiger partial charge in [0.25, 0.3) is 5.91 Å². The van der Waals surface area contributed by atoms with E-state index in [1.807, 2.05) is 30.3 Å². The molecule has 0 radical (unpaired) electrons. The first-order valence-electron chi connectivity index (χ1n) is 7.43. The fourth-order valence-corrected chi connectivity index (χ4v) is 3.41. The van der Waals surface area contributed by atoms with E-state index in [4.69, 9.17) is 12.2 Å². The van der Waals surface area contributed by atoms with E-state index in [1.165, 1.54) is 12.1 Å². The number of hydrogen-bond donors (Lipinski definition) is 2. The van der Waals surface area contributed by atoms with Crippen LogP contribution < -0.4 is 5.43 Å². The Labute approximate surface area is 154 Å². The average Bonchev–Trinajstić information content (AvgIpc) is 2.85. The minimum atomic E-state index is -0.371. The maximum Gasteiger partial charge on any atom is 0.285 e. The van der Waals surface area contributed by atoms with Crippen LogP contribution in [0.5, 0.6) is 5.75 Å². The fraction of sp³-hybridized carbons (Fsp3) is 0.0556. The maximum absolute atomic E-state index is 12.5. The summed E-state index contributed by atoms with van der Waals surface area (Å²) in [7, 11) is 0. The highest BCUT2D eigenvalue weighted by atomic mass is 32.2. The molecule has 0 atom stereocenters. The molecule has 25 heavy (non-hydrogen) atoms. The van der Waals surface area contributed by atoms with E-state index in [-0.39, 0.29) is 28.3 Å². The molecule has 2 aromatic carbocycles. The Morgan fingerprint density at radius 1 is 1.16 bits per heavy atom. The van der Waals surface area contributed by atoms with Gasteiger partial charge < -0.3 is 5.11 Å². The van der Waals surface area contributed by atoms with E-state index in [0.717, 1.165) is 27.9 Å². The lowest BCUT2D eigenvalue weighted by Gasteiger charge is -2.15. The van der Waals surface area contributed by atoms with Crippen molar-refractivity contribution in [1.82, 2.24) is 10.4 Å². The molecule has 0 aromatic heterocycles. The van der Waals surface area contributed by atoms with Gasteiger partial charge in [-0.2, -0.15) is 5.01 Å². The van der Waals surface area contributed by atoms with Gasteiger partial charge in [-0.15, -0.1) is 0 Å². The number of hydrazine groups is 1. The second kappa shape index (κ2) is 7.50. The van der Waals surface area contributed by atoms with E-state index in [9.17, 15) is 14.7 Å². The Morgan fingerprint density at radius 2 is 1.84 bits per heavy atom. The van der Waals surface area contributed by atoms with Crippen LogP contribution in [0.25, 0.3) is 6.08 Å². The van der Waals surface area contributed by atoms with Gasteiger partial charge in [0.2, 0.25) is 5.91 Å². The lowest BCUT2D eigenvalue weighted by Crippen LogP contribution is -2.45. The number of nitrogens with zero attached hydrogens (tertiary/aromatic N) is 1. The number of phenols is 1. The zero-order valence-electron chi connectivity index (χ0n) is 13.0. The monoisotopic (exact) mass is 370 g/mol. The van der Waals surface area contributed by atoms with Crippen molar-refractivity contribution in [3.05, 3.63) is 70.6 Å². The molecule has 0 saturated carbocycles. The molecule has 5 nitrogen and oxygen atoms in total. The van der Waals surface area contributed by atoms with Gasteiger partial charge in [-0.25, -0.2) is 0 Å². The highest BCUT2D eigenvalue weighted by molar-refractivity contribution is 8.26. The van der Waals surface area contributed by atoms with Crippen molar-refractivity contribution in [2.75, 3.05) is 0 Å². The summed E-state index contributed by atoms with van der Waals surface area (Å²) in [4.78, 5) is 25.0. The van der Waals surface area contributed by atoms with E-state index in [1.54, 1.807) is 18.2 Å². The smallest absolute Gasteiger partial charge is 0.285 e. The average molecular weight is 370 g/mol. The molecule has 7 heteroatoms. The predicted octanol–water partition coefficient (Wildman–Crippen LogP) is 2.87. The molecule has 2 amide bonds. The molecule has 1 heterocycles. The van der Waals surface area contributed by atoms with Crippen molar-refractivity contribution >= 4 is 46.2 Å². The number of amides is 2. The fourth-order valence-electron chi connectivity index (χ4n) is 2.23. The highest BCUT2D eigenvalue weighted by Gasteiger charge is 2.33. The standard InChI is InChI=1S/C18H14N2O3S2/c21-14-8-6-13(7-9-14)10-15-17(23)20(18(24)25-15)19-16(22)11-12-4-2-1-3-5-12/h1-10,21H,11H2,(H,19,22)/b15-10-. The van der Waals surface area contributed by atoms with Crippen LogP contribution >= 0.6 is 24.0 Å². The van der Waals surface area contributed by atoms with Crippen LogP contribution in [-0.2, 0) is 16.0 Å². The van der Waals surface area contributed by atoms with Crippen LogP contribution in [0.15, 0.2) is 59.5 Å². The molecular weight excluding hydrogens is 356 g/mol. The van der Waals surface area contributed by atoms with E-state index < -0.39 is 0 Å². The van der Waals surface area contributed by atoms with Gasteiger partial charge in [0.1, 0.15) is 5.75 Å². The summed E-state index contributed by atoms with van der Waals surface area (Å²) < 4.78 is 0.274. The minimum Gasteiger partial charge on any atom is -0.508 e. The molecule has 1 fully saturated rings. The number of carbonyl (C=O) groups excluding carboxylic acids is 2. The Hall–Kier alpha value is -2.64. The van der Waals surface area contributed by atoms with Gasteiger partial charge in [-0.05, 0) is 41.6 Å². The second-order valence-corrected chi connectivity index (χ2v) is 6.98. The molecule has 0 unspecified atom stereocenters. The quantitative estimate of drug-likeness (QED) is 0.640. The summed E-state index contributed by atoms with van der Waals surface area (Å²) in [6, 6.07) is 15.7. The maximum atomic E-state index is 12.5. The number of thioether (sulfide) groups is 1. The molecule has 0 bridgehead atoms.